The van der Waals surface area contributed by atoms with Crippen LogP contribution in [-0.4, -0.2) is 46.8 Å². The zero-order valence-electron chi connectivity index (χ0n) is 17.2. The average Bonchev–Trinajstić information content (AvgIpc) is 3.42. The van der Waals surface area contributed by atoms with Gasteiger partial charge in [0.05, 0.1) is 30.1 Å². The molecule has 9 heteroatoms. The van der Waals surface area contributed by atoms with Crippen LogP contribution < -0.4 is 10.6 Å². The second kappa shape index (κ2) is 8.67. The second-order valence-corrected chi connectivity index (χ2v) is 10.5. The van der Waals surface area contributed by atoms with Gasteiger partial charge in [0, 0.05) is 46.6 Å². The number of piperidine rings is 1. The Morgan fingerprint density at radius 2 is 2.06 bits per heavy atom. The Bertz CT molecular complexity index is 1040. The Kier molecular flexibility index (Phi) is 5.92. The minimum Gasteiger partial charge on any atom is -0.376 e. The molecule has 2 saturated heterocycles. The van der Waals surface area contributed by atoms with E-state index in [2.05, 4.69) is 26.8 Å². The standard InChI is InChI=1S/C22H24ClN5OS2/c1-14-20(24)22(13-29-14)5-8-28(9-6-22)17-11-27-18(12-26-17)31-16-4-2-3-15(19(16)23)21-25-7-10-30-21/h2-4,7,10-12,14,20H,5-6,8-9,13,24H2,1H3/t14-,20+/m0/s1. The van der Waals surface area contributed by atoms with Gasteiger partial charge in [0.1, 0.15) is 15.9 Å². The van der Waals surface area contributed by atoms with E-state index in [4.69, 9.17) is 22.1 Å². The van der Waals surface area contributed by atoms with E-state index in [0.717, 1.165) is 58.8 Å². The van der Waals surface area contributed by atoms with Gasteiger partial charge in [0.2, 0.25) is 0 Å². The molecule has 1 aromatic carbocycles. The summed E-state index contributed by atoms with van der Waals surface area (Å²) >= 11 is 9.75. The molecule has 31 heavy (non-hydrogen) atoms. The Hall–Kier alpha value is -1.71. The lowest BCUT2D eigenvalue weighted by Gasteiger charge is -2.41. The summed E-state index contributed by atoms with van der Waals surface area (Å²) < 4.78 is 5.82. The molecule has 0 unspecified atom stereocenters. The largest absolute Gasteiger partial charge is 0.376 e. The van der Waals surface area contributed by atoms with E-state index in [-0.39, 0.29) is 17.6 Å². The maximum Gasteiger partial charge on any atom is 0.147 e. The number of aromatic nitrogens is 3. The Morgan fingerprint density at radius 3 is 2.71 bits per heavy atom. The number of benzene rings is 1. The van der Waals surface area contributed by atoms with E-state index in [1.807, 2.05) is 36.0 Å². The van der Waals surface area contributed by atoms with Crippen molar-refractivity contribution in [3.8, 4) is 10.6 Å². The molecule has 0 radical (unpaired) electrons. The molecule has 2 aromatic heterocycles. The predicted molar refractivity (Wildman–Crippen MR) is 126 cm³/mol. The Balaban J connectivity index is 1.26. The molecule has 1 spiro atoms. The van der Waals surface area contributed by atoms with Crippen molar-refractivity contribution < 1.29 is 4.74 Å². The highest BCUT2D eigenvalue weighted by atomic mass is 35.5. The van der Waals surface area contributed by atoms with Crippen LogP contribution in [0.15, 0.2) is 52.1 Å². The fourth-order valence-corrected chi connectivity index (χ4v) is 6.24. The summed E-state index contributed by atoms with van der Waals surface area (Å²) in [6.07, 6.45) is 7.65. The van der Waals surface area contributed by atoms with E-state index >= 15 is 0 Å². The maximum absolute atomic E-state index is 6.65. The van der Waals surface area contributed by atoms with Gasteiger partial charge < -0.3 is 15.4 Å². The number of hydrogen-bond acceptors (Lipinski definition) is 8. The second-order valence-electron chi connectivity index (χ2n) is 8.16. The van der Waals surface area contributed by atoms with Crippen molar-refractivity contribution in [2.75, 3.05) is 24.6 Å². The number of hydrogen-bond donors (Lipinski definition) is 1. The van der Waals surface area contributed by atoms with Crippen LogP contribution in [0.25, 0.3) is 10.6 Å². The first-order valence-electron chi connectivity index (χ1n) is 10.4. The highest BCUT2D eigenvalue weighted by Gasteiger charge is 2.47. The molecule has 2 atom stereocenters. The normalized spacial score (nSPS) is 22.9. The molecule has 4 heterocycles. The molecule has 0 saturated carbocycles. The first-order chi connectivity index (χ1) is 15.1. The fourth-order valence-electron chi connectivity index (χ4n) is 4.40. The van der Waals surface area contributed by atoms with E-state index in [1.165, 1.54) is 11.8 Å². The molecular weight excluding hydrogens is 450 g/mol. The molecule has 2 aliphatic heterocycles. The zero-order valence-corrected chi connectivity index (χ0v) is 19.6. The quantitative estimate of drug-likeness (QED) is 0.586. The third-order valence-corrected chi connectivity index (χ3v) is 8.69. The van der Waals surface area contributed by atoms with Crippen LogP contribution >= 0.6 is 34.7 Å². The van der Waals surface area contributed by atoms with Crippen molar-refractivity contribution in [2.24, 2.45) is 11.1 Å². The highest BCUT2D eigenvalue weighted by molar-refractivity contribution is 7.99. The van der Waals surface area contributed by atoms with E-state index < -0.39 is 0 Å². The summed E-state index contributed by atoms with van der Waals surface area (Å²) in [6, 6.07) is 6.10. The lowest BCUT2D eigenvalue weighted by Crippen LogP contribution is -2.50. The van der Waals surface area contributed by atoms with Gasteiger partial charge in [-0.15, -0.1) is 11.3 Å². The number of thiazole rings is 1. The van der Waals surface area contributed by atoms with E-state index in [9.17, 15) is 0 Å². The molecule has 0 amide bonds. The van der Waals surface area contributed by atoms with Crippen LogP contribution in [0.3, 0.4) is 0 Å². The predicted octanol–water partition coefficient (Wildman–Crippen LogP) is 4.74. The van der Waals surface area contributed by atoms with Gasteiger partial charge in [-0.3, -0.25) is 0 Å². The van der Waals surface area contributed by atoms with Crippen LogP contribution in [0.4, 0.5) is 5.82 Å². The van der Waals surface area contributed by atoms with Crippen molar-refractivity contribution >= 4 is 40.5 Å². The van der Waals surface area contributed by atoms with Gasteiger partial charge in [-0.2, -0.15) is 0 Å². The smallest absolute Gasteiger partial charge is 0.147 e. The van der Waals surface area contributed by atoms with Gasteiger partial charge in [0.15, 0.2) is 0 Å². The molecule has 2 N–H and O–H groups in total. The number of rotatable bonds is 4. The first kappa shape index (κ1) is 21.2. The number of anilines is 1. The minimum atomic E-state index is 0.109. The summed E-state index contributed by atoms with van der Waals surface area (Å²) in [7, 11) is 0. The van der Waals surface area contributed by atoms with Crippen LogP contribution in [0.1, 0.15) is 19.8 Å². The highest BCUT2D eigenvalue weighted by Crippen LogP contribution is 2.42. The lowest BCUT2D eigenvalue weighted by molar-refractivity contribution is 0.0974. The fraction of sp³-hybridized carbons (Fsp3) is 0.409. The summed E-state index contributed by atoms with van der Waals surface area (Å²) in [5.74, 6) is 0.905. The third-order valence-electron chi connectivity index (χ3n) is 6.38. The van der Waals surface area contributed by atoms with E-state index in [0.29, 0.717) is 5.02 Å². The zero-order chi connectivity index (χ0) is 21.4. The molecule has 5 rings (SSSR count). The van der Waals surface area contributed by atoms with Crippen molar-refractivity contribution in [3.63, 3.8) is 0 Å². The van der Waals surface area contributed by atoms with Gasteiger partial charge >= 0.3 is 0 Å². The number of ether oxygens (including phenoxy) is 1. The molecule has 0 bridgehead atoms. The van der Waals surface area contributed by atoms with Gasteiger partial charge in [-0.1, -0.05) is 35.5 Å². The van der Waals surface area contributed by atoms with Crippen LogP contribution in [0.5, 0.6) is 0 Å². The Labute approximate surface area is 195 Å². The first-order valence-corrected chi connectivity index (χ1v) is 12.4. The molecular formula is C22H24ClN5OS2. The third kappa shape index (κ3) is 4.07. The van der Waals surface area contributed by atoms with Crippen LogP contribution in [0.2, 0.25) is 5.02 Å². The van der Waals surface area contributed by atoms with Crippen molar-refractivity contribution in [1.82, 2.24) is 15.0 Å². The number of nitrogens with two attached hydrogens (primary N) is 1. The average molecular weight is 474 g/mol. The van der Waals surface area contributed by atoms with Crippen molar-refractivity contribution in [3.05, 3.63) is 47.2 Å². The molecule has 162 valence electrons. The number of halogens is 1. The molecule has 3 aromatic rings. The minimum absolute atomic E-state index is 0.109. The lowest BCUT2D eigenvalue weighted by atomic mass is 9.73. The molecule has 0 aliphatic carbocycles. The van der Waals surface area contributed by atoms with Gasteiger partial charge in [-0.05, 0) is 25.8 Å². The Morgan fingerprint density at radius 1 is 1.23 bits per heavy atom. The molecule has 2 fully saturated rings. The summed E-state index contributed by atoms with van der Waals surface area (Å²) in [4.78, 5) is 16.9. The van der Waals surface area contributed by atoms with Crippen molar-refractivity contribution in [2.45, 2.75) is 41.8 Å². The SMILES string of the molecule is C[C@@H]1OCC2(CCN(c3cnc(Sc4cccc(-c5nccs5)c4Cl)cn3)CC2)[C@@H]1N. The maximum atomic E-state index is 6.65. The van der Waals surface area contributed by atoms with Gasteiger partial charge in [0.25, 0.3) is 0 Å². The van der Waals surface area contributed by atoms with E-state index in [1.54, 1.807) is 17.5 Å². The molecule has 2 aliphatic rings. The van der Waals surface area contributed by atoms with Crippen LogP contribution in [-0.2, 0) is 4.74 Å². The summed E-state index contributed by atoms with van der Waals surface area (Å²) in [6.45, 7) is 4.69. The number of nitrogens with zero attached hydrogens (tertiary/aromatic N) is 4. The summed E-state index contributed by atoms with van der Waals surface area (Å²) in [5, 5.41) is 4.37. The van der Waals surface area contributed by atoms with Crippen LogP contribution in [0, 0.1) is 5.41 Å². The monoisotopic (exact) mass is 473 g/mol. The molecule has 6 nitrogen and oxygen atoms in total. The topological polar surface area (TPSA) is 77.2 Å². The van der Waals surface area contributed by atoms with Gasteiger partial charge in [-0.25, -0.2) is 15.0 Å². The van der Waals surface area contributed by atoms with Crippen molar-refractivity contribution in [1.29, 1.82) is 0 Å². The summed E-state index contributed by atoms with van der Waals surface area (Å²) in [5.41, 5.74) is 7.48.